The fourth-order valence-corrected chi connectivity index (χ4v) is 1.58. The molecule has 0 aliphatic heterocycles. The quantitative estimate of drug-likeness (QED) is 0.785. The Balaban J connectivity index is 2.48. The Morgan fingerprint density at radius 1 is 1.31 bits per heavy atom. The smallest absolute Gasteiger partial charge is 0.230 e. The van der Waals surface area contributed by atoms with Gasteiger partial charge in [0.25, 0.3) is 0 Å². The molecule has 0 aliphatic rings. The van der Waals surface area contributed by atoms with Crippen LogP contribution in [0.15, 0.2) is 4.42 Å². The third-order valence-electron chi connectivity index (χ3n) is 2.47. The van der Waals surface area contributed by atoms with E-state index in [1.54, 1.807) is 0 Å². The fourth-order valence-electron chi connectivity index (χ4n) is 1.58. The number of hydrogen-bond acceptors (Lipinski definition) is 5. The molecular formula is C11H22N4O. The summed E-state index contributed by atoms with van der Waals surface area (Å²) in [5, 5.41) is 7.93. The van der Waals surface area contributed by atoms with E-state index in [1.165, 1.54) is 0 Å². The molecular weight excluding hydrogens is 204 g/mol. The molecule has 0 saturated heterocycles. The lowest BCUT2D eigenvalue weighted by atomic mass is 9.93. The van der Waals surface area contributed by atoms with Crippen LogP contribution in [0.3, 0.4) is 0 Å². The van der Waals surface area contributed by atoms with E-state index in [4.69, 9.17) is 10.2 Å². The molecule has 0 fully saturated rings. The van der Waals surface area contributed by atoms with Crippen LogP contribution in [0, 0.1) is 5.41 Å². The normalized spacial score (nSPS) is 12.4. The third-order valence-corrected chi connectivity index (χ3v) is 2.47. The number of nitrogens with zero attached hydrogens (tertiary/aromatic N) is 3. The summed E-state index contributed by atoms with van der Waals surface area (Å²) in [7, 11) is 2.03. The minimum absolute atomic E-state index is 0.113. The van der Waals surface area contributed by atoms with E-state index in [9.17, 15) is 0 Å². The zero-order valence-electron chi connectivity index (χ0n) is 10.7. The summed E-state index contributed by atoms with van der Waals surface area (Å²) in [6, 6.07) is 0. The van der Waals surface area contributed by atoms with Gasteiger partial charge in [-0.25, -0.2) is 0 Å². The van der Waals surface area contributed by atoms with E-state index >= 15 is 0 Å². The maximum atomic E-state index is 5.70. The third kappa shape index (κ3) is 3.90. The van der Waals surface area contributed by atoms with Gasteiger partial charge in [-0.15, -0.1) is 10.2 Å². The molecule has 0 aliphatic carbocycles. The van der Waals surface area contributed by atoms with E-state index in [1.807, 2.05) is 14.0 Å². The van der Waals surface area contributed by atoms with Crippen molar-refractivity contribution in [1.82, 2.24) is 15.1 Å². The highest BCUT2D eigenvalue weighted by atomic mass is 16.4. The van der Waals surface area contributed by atoms with Gasteiger partial charge >= 0.3 is 0 Å². The van der Waals surface area contributed by atoms with Crippen LogP contribution < -0.4 is 5.73 Å². The van der Waals surface area contributed by atoms with Gasteiger partial charge in [-0.2, -0.15) is 0 Å². The first-order valence-corrected chi connectivity index (χ1v) is 5.66. The van der Waals surface area contributed by atoms with Crippen molar-refractivity contribution >= 4 is 0 Å². The second kappa shape index (κ2) is 5.41. The lowest BCUT2D eigenvalue weighted by molar-refractivity contribution is 0.194. The van der Waals surface area contributed by atoms with Crippen molar-refractivity contribution in [2.45, 2.75) is 33.7 Å². The molecule has 0 amide bonds. The number of aryl methyl sites for hydroxylation is 1. The first kappa shape index (κ1) is 13.1. The summed E-state index contributed by atoms with van der Waals surface area (Å²) < 4.78 is 5.46. The van der Waals surface area contributed by atoms with E-state index in [-0.39, 0.29) is 5.41 Å². The molecule has 16 heavy (non-hydrogen) atoms. The van der Waals surface area contributed by atoms with Gasteiger partial charge in [0.2, 0.25) is 11.8 Å². The molecule has 0 unspecified atom stereocenters. The molecule has 1 aromatic heterocycles. The molecule has 1 aromatic rings. The first-order valence-electron chi connectivity index (χ1n) is 5.66. The highest BCUT2D eigenvalue weighted by Crippen LogP contribution is 2.15. The maximum Gasteiger partial charge on any atom is 0.230 e. The van der Waals surface area contributed by atoms with E-state index in [0.29, 0.717) is 24.9 Å². The SMILES string of the molecule is CCc1nnc(CN(C)CC(C)(C)CN)o1. The number of nitrogens with two attached hydrogens (primary N) is 1. The monoisotopic (exact) mass is 226 g/mol. The fraction of sp³-hybridized carbons (Fsp3) is 0.818. The van der Waals surface area contributed by atoms with Gasteiger partial charge in [0, 0.05) is 13.0 Å². The van der Waals surface area contributed by atoms with Crippen molar-refractivity contribution in [2.24, 2.45) is 11.1 Å². The van der Waals surface area contributed by atoms with Crippen molar-refractivity contribution in [3.63, 3.8) is 0 Å². The molecule has 1 heterocycles. The first-order chi connectivity index (χ1) is 7.46. The van der Waals surface area contributed by atoms with Gasteiger partial charge in [-0.3, -0.25) is 4.90 Å². The Hall–Kier alpha value is -0.940. The van der Waals surface area contributed by atoms with Gasteiger partial charge < -0.3 is 10.2 Å². The zero-order chi connectivity index (χ0) is 12.2. The minimum Gasteiger partial charge on any atom is -0.424 e. The molecule has 0 aromatic carbocycles. The Morgan fingerprint density at radius 2 is 1.94 bits per heavy atom. The second-order valence-electron chi connectivity index (χ2n) is 4.98. The molecule has 0 spiro atoms. The summed E-state index contributed by atoms with van der Waals surface area (Å²) in [4.78, 5) is 2.15. The lowest BCUT2D eigenvalue weighted by Gasteiger charge is -2.27. The van der Waals surface area contributed by atoms with Crippen LogP contribution >= 0.6 is 0 Å². The Bertz CT molecular complexity index is 322. The van der Waals surface area contributed by atoms with E-state index < -0.39 is 0 Å². The predicted molar refractivity (Wildman–Crippen MR) is 62.8 cm³/mol. The second-order valence-corrected chi connectivity index (χ2v) is 4.98. The molecule has 92 valence electrons. The van der Waals surface area contributed by atoms with Crippen LogP contribution in [-0.2, 0) is 13.0 Å². The molecule has 0 bridgehead atoms. The summed E-state index contributed by atoms with van der Waals surface area (Å²) in [5.74, 6) is 1.37. The minimum atomic E-state index is 0.113. The van der Waals surface area contributed by atoms with Gasteiger partial charge in [0.05, 0.1) is 6.54 Å². The van der Waals surface area contributed by atoms with Gasteiger partial charge in [-0.05, 0) is 19.0 Å². The Kier molecular flexibility index (Phi) is 4.44. The van der Waals surface area contributed by atoms with Crippen molar-refractivity contribution in [1.29, 1.82) is 0 Å². The standard InChI is InChI=1S/C11H22N4O/c1-5-9-13-14-10(16-9)6-15(4)8-11(2,3)7-12/h5-8,12H2,1-4H3. The van der Waals surface area contributed by atoms with Gasteiger partial charge in [0.1, 0.15) is 0 Å². The molecule has 0 atom stereocenters. The number of rotatable bonds is 6. The molecule has 1 rings (SSSR count). The Morgan fingerprint density at radius 3 is 2.44 bits per heavy atom. The van der Waals surface area contributed by atoms with Crippen molar-refractivity contribution in [3.05, 3.63) is 11.8 Å². The van der Waals surface area contributed by atoms with Gasteiger partial charge in [0.15, 0.2) is 0 Å². The highest BCUT2D eigenvalue weighted by molar-refractivity contribution is 4.82. The zero-order valence-corrected chi connectivity index (χ0v) is 10.7. The largest absolute Gasteiger partial charge is 0.424 e. The van der Waals surface area contributed by atoms with Crippen LogP contribution in [-0.4, -0.2) is 35.2 Å². The lowest BCUT2D eigenvalue weighted by Crippen LogP contribution is -2.36. The summed E-state index contributed by atoms with van der Waals surface area (Å²) >= 11 is 0. The van der Waals surface area contributed by atoms with Crippen LogP contribution in [0.2, 0.25) is 0 Å². The Labute approximate surface area is 97.0 Å². The topological polar surface area (TPSA) is 68.2 Å². The van der Waals surface area contributed by atoms with E-state index in [0.717, 1.165) is 13.0 Å². The molecule has 2 N–H and O–H groups in total. The molecule has 0 saturated carbocycles. The average Bonchev–Trinajstić information content (AvgIpc) is 2.64. The van der Waals surface area contributed by atoms with Crippen molar-refractivity contribution < 1.29 is 4.42 Å². The van der Waals surface area contributed by atoms with Crippen molar-refractivity contribution in [3.8, 4) is 0 Å². The predicted octanol–water partition coefficient (Wildman–Crippen LogP) is 1.05. The summed E-state index contributed by atoms with van der Waals surface area (Å²) in [5.41, 5.74) is 5.81. The van der Waals surface area contributed by atoms with E-state index in [2.05, 4.69) is 28.9 Å². The van der Waals surface area contributed by atoms with Crippen LogP contribution in [0.4, 0.5) is 0 Å². The van der Waals surface area contributed by atoms with Crippen molar-refractivity contribution in [2.75, 3.05) is 20.1 Å². The van der Waals surface area contributed by atoms with Gasteiger partial charge in [-0.1, -0.05) is 20.8 Å². The number of hydrogen-bond donors (Lipinski definition) is 1. The number of aromatic nitrogens is 2. The average molecular weight is 226 g/mol. The molecule has 5 heteroatoms. The summed E-state index contributed by atoms with van der Waals surface area (Å²) in [6.45, 7) is 8.55. The van der Waals surface area contributed by atoms with Crippen LogP contribution in [0.1, 0.15) is 32.6 Å². The van der Waals surface area contributed by atoms with Crippen LogP contribution in [0.25, 0.3) is 0 Å². The summed E-state index contributed by atoms with van der Waals surface area (Å²) in [6.07, 6.45) is 0.783. The van der Waals surface area contributed by atoms with Crippen LogP contribution in [0.5, 0.6) is 0 Å². The maximum absolute atomic E-state index is 5.70. The molecule has 5 nitrogen and oxygen atoms in total. The molecule has 0 radical (unpaired) electrons. The highest BCUT2D eigenvalue weighted by Gasteiger charge is 2.19.